The number of anilines is 1. The van der Waals surface area contributed by atoms with Crippen molar-refractivity contribution in [3.05, 3.63) is 83.2 Å². The molecule has 3 aromatic carbocycles. The number of nitrogens with one attached hydrogen (secondary N) is 2. The van der Waals surface area contributed by atoms with Crippen LogP contribution in [0.25, 0.3) is 0 Å². The summed E-state index contributed by atoms with van der Waals surface area (Å²) in [5.41, 5.74) is 11.5. The van der Waals surface area contributed by atoms with Crippen LogP contribution >= 0.6 is 0 Å². The number of ether oxygens (including phenoxy) is 3. The molecule has 0 aromatic heterocycles. The molecule has 3 heterocycles. The second-order valence-corrected chi connectivity index (χ2v) is 8.46. The molecule has 32 heavy (non-hydrogen) atoms. The Hall–Kier alpha value is -3.29. The van der Waals surface area contributed by atoms with Crippen LogP contribution in [0.1, 0.15) is 28.8 Å². The molecule has 6 nitrogen and oxygen atoms in total. The van der Waals surface area contributed by atoms with E-state index in [4.69, 9.17) is 14.2 Å². The van der Waals surface area contributed by atoms with Crippen molar-refractivity contribution < 1.29 is 18.6 Å². The average Bonchev–Trinajstić information content (AvgIpc) is 3.45. The summed E-state index contributed by atoms with van der Waals surface area (Å²) in [5.74, 6) is 2.42. The van der Waals surface area contributed by atoms with Gasteiger partial charge >= 0.3 is 0 Å². The Morgan fingerprint density at radius 1 is 1.00 bits per heavy atom. The lowest BCUT2D eigenvalue weighted by Crippen LogP contribution is -2.39. The fourth-order valence-electron chi connectivity index (χ4n) is 5.07. The number of hydrogen-bond acceptors (Lipinski definition) is 6. The van der Waals surface area contributed by atoms with Crippen LogP contribution in [-0.2, 0) is 6.54 Å². The zero-order valence-electron chi connectivity index (χ0n) is 17.7. The molecule has 0 radical (unpaired) electrons. The first-order valence-electron chi connectivity index (χ1n) is 10.8. The Morgan fingerprint density at radius 2 is 1.78 bits per heavy atom. The first-order valence-corrected chi connectivity index (χ1v) is 10.8. The van der Waals surface area contributed by atoms with Gasteiger partial charge in [0.05, 0.1) is 19.2 Å². The highest BCUT2D eigenvalue weighted by Gasteiger charge is 2.44. The van der Waals surface area contributed by atoms with Gasteiger partial charge in [0, 0.05) is 30.8 Å². The molecule has 1 saturated heterocycles. The van der Waals surface area contributed by atoms with Crippen LogP contribution in [0.15, 0.2) is 60.7 Å². The Bertz CT molecular complexity index is 1150. The van der Waals surface area contributed by atoms with Gasteiger partial charge < -0.3 is 19.1 Å². The van der Waals surface area contributed by atoms with Crippen molar-refractivity contribution in [2.45, 2.75) is 18.6 Å². The number of benzene rings is 3. The third kappa shape index (κ3) is 3.25. The maximum absolute atomic E-state index is 13.5. The number of rotatable bonds is 4. The van der Waals surface area contributed by atoms with Crippen LogP contribution in [0.3, 0.4) is 0 Å². The van der Waals surface area contributed by atoms with Crippen molar-refractivity contribution in [1.29, 1.82) is 0 Å². The molecule has 3 aliphatic rings. The molecule has 3 aromatic rings. The van der Waals surface area contributed by atoms with E-state index in [1.165, 1.54) is 23.3 Å². The first-order chi connectivity index (χ1) is 15.7. The van der Waals surface area contributed by atoms with E-state index in [-0.39, 0.29) is 30.6 Å². The van der Waals surface area contributed by atoms with Gasteiger partial charge in [-0.25, -0.2) is 15.2 Å². The van der Waals surface area contributed by atoms with Crippen molar-refractivity contribution in [2.75, 3.05) is 25.3 Å². The molecule has 164 valence electrons. The zero-order chi connectivity index (χ0) is 21.7. The Balaban J connectivity index is 1.39. The molecule has 0 aliphatic carbocycles. The zero-order valence-corrected chi connectivity index (χ0v) is 17.7. The second-order valence-electron chi connectivity index (χ2n) is 8.46. The lowest BCUT2D eigenvalue weighted by molar-refractivity contribution is 0.174. The van der Waals surface area contributed by atoms with Gasteiger partial charge in [-0.2, -0.15) is 0 Å². The summed E-state index contributed by atoms with van der Waals surface area (Å²) < 4.78 is 30.3. The van der Waals surface area contributed by atoms with Crippen molar-refractivity contribution in [3.8, 4) is 17.2 Å². The summed E-state index contributed by atoms with van der Waals surface area (Å²) in [6.45, 7) is 1.81. The van der Waals surface area contributed by atoms with Crippen molar-refractivity contribution in [3.63, 3.8) is 0 Å². The lowest BCUT2D eigenvalue weighted by atomic mass is 9.81. The van der Waals surface area contributed by atoms with E-state index in [0.29, 0.717) is 0 Å². The molecule has 0 spiro atoms. The number of halogens is 1. The van der Waals surface area contributed by atoms with E-state index >= 15 is 0 Å². The summed E-state index contributed by atoms with van der Waals surface area (Å²) >= 11 is 0. The summed E-state index contributed by atoms with van der Waals surface area (Å²) in [6, 6.07) is 19.3. The SMILES string of the molecule is COc1cccc(CN2CC3C(c4ccc(F)cc4)NNC3c3cc4c(cc32)OCO4)c1. The standard InChI is InChI=1S/C25H24FN3O3/c1-30-18-4-2-3-15(9-18)12-29-13-20-24(16-5-7-17(26)8-6-16)27-28-25(20)19-10-22-23(11-21(19)29)32-14-31-22/h2-11,20,24-25,27-28H,12-14H2,1H3. The van der Waals surface area contributed by atoms with E-state index in [1.54, 1.807) is 7.11 Å². The highest BCUT2D eigenvalue weighted by atomic mass is 19.1. The number of methoxy groups -OCH3 is 1. The van der Waals surface area contributed by atoms with Crippen LogP contribution < -0.4 is 30.0 Å². The Kier molecular flexibility index (Phi) is 4.66. The van der Waals surface area contributed by atoms with Gasteiger partial charge in [-0.05, 0) is 47.0 Å². The van der Waals surface area contributed by atoms with Crippen LogP contribution in [0.4, 0.5) is 10.1 Å². The van der Waals surface area contributed by atoms with Gasteiger partial charge in [-0.3, -0.25) is 0 Å². The van der Waals surface area contributed by atoms with E-state index < -0.39 is 0 Å². The topological polar surface area (TPSA) is 55.0 Å². The fourth-order valence-corrected chi connectivity index (χ4v) is 5.07. The van der Waals surface area contributed by atoms with E-state index in [9.17, 15) is 4.39 Å². The molecule has 0 amide bonds. The average molecular weight is 433 g/mol. The highest BCUT2D eigenvalue weighted by Crippen LogP contribution is 2.49. The molecule has 0 saturated carbocycles. The molecule has 6 rings (SSSR count). The largest absolute Gasteiger partial charge is 0.497 e. The smallest absolute Gasteiger partial charge is 0.231 e. The summed E-state index contributed by atoms with van der Waals surface area (Å²) in [5, 5.41) is 0. The molecule has 0 bridgehead atoms. The summed E-state index contributed by atoms with van der Waals surface area (Å²) in [7, 11) is 1.68. The van der Waals surface area contributed by atoms with E-state index in [0.717, 1.165) is 41.6 Å². The molecule has 3 aliphatic heterocycles. The number of nitrogens with zero attached hydrogens (tertiary/aromatic N) is 1. The van der Waals surface area contributed by atoms with Crippen molar-refractivity contribution >= 4 is 5.69 Å². The molecule has 1 fully saturated rings. The number of hydrazine groups is 1. The molecular weight excluding hydrogens is 409 g/mol. The quantitative estimate of drug-likeness (QED) is 0.647. The third-order valence-electron chi connectivity index (χ3n) is 6.62. The van der Waals surface area contributed by atoms with Gasteiger partial charge in [0.25, 0.3) is 0 Å². The molecule has 3 unspecified atom stereocenters. The fraction of sp³-hybridized carbons (Fsp3) is 0.280. The third-order valence-corrected chi connectivity index (χ3v) is 6.62. The van der Waals surface area contributed by atoms with Crippen molar-refractivity contribution in [1.82, 2.24) is 10.9 Å². The van der Waals surface area contributed by atoms with Gasteiger partial charge in [0.15, 0.2) is 11.5 Å². The number of fused-ring (bicyclic) bond motifs is 4. The van der Waals surface area contributed by atoms with Crippen LogP contribution in [-0.4, -0.2) is 20.4 Å². The van der Waals surface area contributed by atoms with Gasteiger partial charge in [-0.15, -0.1) is 0 Å². The highest BCUT2D eigenvalue weighted by molar-refractivity contribution is 5.66. The number of hydrogen-bond donors (Lipinski definition) is 2. The monoisotopic (exact) mass is 433 g/mol. The Morgan fingerprint density at radius 3 is 2.59 bits per heavy atom. The lowest BCUT2D eigenvalue weighted by Gasteiger charge is -2.39. The first kappa shape index (κ1) is 19.4. The molecule has 3 atom stereocenters. The normalized spacial score (nSPS) is 23.1. The van der Waals surface area contributed by atoms with E-state index in [2.05, 4.69) is 40.0 Å². The second kappa shape index (κ2) is 7.69. The van der Waals surface area contributed by atoms with Crippen LogP contribution in [0.2, 0.25) is 0 Å². The van der Waals surface area contributed by atoms with Crippen LogP contribution in [0, 0.1) is 11.7 Å². The Labute approximate surface area is 185 Å². The molecular formula is C25H24FN3O3. The summed E-state index contributed by atoms with van der Waals surface area (Å²) in [4.78, 5) is 2.39. The van der Waals surface area contributed by atoms with Gasteiger partial charge in [0.2, 0.25) is 6.79 Å². The van der Waals surface area contributed by atoms with Crippen molar-refractivity contribution in [2.24, 2.45) is 5.92 Å². The molecule has 2 N–H and O–H groups in total. The van der Waals surface area contributed by atoms with Gasteiger partial charge in [-0.1, -0.05) is 24.3 Å². The summed E-state index contributed by atoms with van der Waals surface area (Å²) in [6.07, 6.45) is 0. The van der Waals surface area contributed by atoms with E-state index in [1.807, 2.05) is 24.3 Å². The van der Waals surface area contributed by atoms with Crippen LogP contribution in [0.5, 0.6) is 17.2 Å². The minimum Gasteiger partial charge on any atom is -0.497 e. The molecule has 7 heteroatoms. The minimum absolute atomic E-state index is 0.0620. The predicted octanol–water partition coefficient (Wildman–Crippen LogP) is 4.09. The maximum Gasteiger partial charge on any atom is 0.231 e. The maximum atomic E-state index is 13.5. The van der Waals surface area contributed by atoms with Gasteiger partial charge in [0.1, 0.15) is 11.6 Å². The minimum atomic E-state index is -0.224. The predicted molar refractivity (Wildman–Crippen MR) is 118 cm³/mol.